The Kier molecular flexibility index (Phi) is 4.55. The Morgan fingerprint density at radius 1 is 1.35 bits per heavy atom. The van der Waals surface area contributed by atoms with Crippen molar-refractivity contribution >= 4 is 5.91 Å². The van der Waals surface area contributed by atoms with Crippen LogP contribution in [-0.2, 0) is 11.2 Å². The Labute approximate surface area is 151 Å². The van der Waals surface area contributed by atoms with Gasteiger partial charge in [0, 0.05) is 42.6 Å². The molecule has 0 spiro atoms. The second-order valence-electron chi connectivity index (χ2n) is 7.15. The molecule has 26 heavy (non-hydrogen) atoms. The van der Waals surface area contributed by atoms with Crippen LogP contribution in [0.1, 0.15) is 30.5 Å². The summed E-state index contributed by atoms with van der Waals surface area (Å²) < 4.78 is 0. The van der Waals surface area contributed by atoms with E-state index in [-0.39, 0.29) is 23.9 Å². The quantitative estimate of drug-likeness (QED) is 0.838. The molecule has 0 unspecified atom stereocenters. The van der Waals surface area contributed by atoms with Crippen molar-refractivity contribution in [3.63, 3.8) is 0 Å². The molecular weight excluding hydrogens is 330 g/mol. The fourth-order valence-electron chi connectivity index (χ4n) is 3.56. The molecule has 1 saturated heterocycles. The monoisotopic (exact) mass is 353 g/mol. The highest BCUT2D eigenvalue weighted by molar-refractivity contribution is 5.79. The SMILES string of the molecule is Cc1nc(-c2ccccn2)[nH]c(=O)c1CC(=O)N[C@H]1CCN(C2CC2)C1. The lowest BCUT2D eigenvalue weighted by molar-refractivity contribution is -0.121. The second kappa shape index (κ2) is 6.99. The number of nitrogens with zero attached hydrogens (tertiary/aromatic N) is 3. The minimum absolute atomic E-state index is 0.0522. The highest BCUT2D eigenvalue weighted by Gasteiger charge is 2.34. The highest BCUT2D eigenvalue weighted by Crippen LogP contribution is 2.29. The van der Waals surface area contributed by atoms with Crippen LogP contribution in [0, 0.1) is 6.92 Å². The van der Waals surface area contributed by atoms with E-state index in [0.717, 1.165) is 25.6 Å². The number of pyridine rings is 1. The van der Waals surface area contributed by atoms with E-state index in [9.17, 15) is 9.59 Å². The van der Waals surface area contributed by atoms with Crippen LogP contribution in [0.5, 0.6) is 0 Å². The predicted octanol–water partition coefficient (Wildman–Crippen LogP) is 1.04. The number of nitrogens with one attached hydrogen (secondary N) is 2. The van der Waals surface area contributed by atoms with Crippen molar-refractivity contribution in [1.82, 2.24) is 25.2 Å². The molecule has 2 N–H and O–H groups in total. The number of hydrogen-bond acceptors (Lipinski definition) is 5. The summed E-state index contributed by atoms with van der Waals surface area (Å²) in [7, 11) is 0. The molecule has 1 aliphatic carbocycles. The number of carbonyl (C=O) groups excluding carboxylic acids is 1. The number of H-pyrrole nitrogens is 1. The van der Waals surface area contributed by atoms with E-state index < -0.39 is 0 Å². The lowest BCUT2D eigenvalue weighted by Gasteiger charge is -2.16. The molecule has 1 amide bonds. The molecule has 1 saturated carbocycles. The summed E-state index contributed by atoms with van der Waals surface area (Å²) in [6.45, 7) is 3.73. The van der Waals surface area contributed by atoms with E-state index in [1.54, 1.807) is 25.3 Å². The summed E-state index contributed by atoms with van der Waals surface area (Å²) in [5, 5.41) is 3.07. The zero-order valence-electron chi connectivity index (χ0n) is 14.9. The molecule has 0 radical (unpaired) electrons. The summed E-state index contributed by atoms with van der Waals surface area (Å²) in [5.41, 5.74) is 1.31. The van der Waals surface area contributed by atoms with Crippen LogP contribution in [-0.4, -0.2) is 50.9 Å². The van der Waals surface area contributed by atoms with Crippen molar-refractivity contribution in [2.45, 2.75) is 44.7 Å². The topological polar surface area (TPSA) is 91.0 Å². The third kappa shape index (κ3) is 3.67. The number of aromatic amines is 1. The van der Waals surface area contributed by atoms with Gasteiger partial charge in [-0.25, -0.2) is 4.98 Å². The maximum absolute atomic E-state index is 12.4. The van der Waals surface area contributed by atoms with Crippen molar-refractivity contribution in [2.75, 3.05) is 13.1 Å². The van der Waals surface area contributed by atoms with Crippen molar-refractivity contribution in [2.24, 2.45) is 0 Å². The van der Waals surface area contributed by atoms with E-state index in [4.69, 9.17) is 0 Å². The van der Waals surface area contributed by atoms with E-state index in [1.807, 2.05) is 6.07 Å². The van der Waals surface area contributed by atoms with Crippen LogP contribution in [0.2, 0.25) is 0 Å². The van der Waals surface area contributed by atoms with Gasteiger partial charge in [0.15, 0.2) is 5.82 Å². The number of rotatable bonds is 5. The maximum atomic E-state index is 12.4. The average Bonchev–Trinajstić information content (AvgIpc) is 3.38. The van der Waals surface area contributed by atoms with Gasteiger partial charge in [0.2, 0.25) is 5.91 Å². The standard InChI is InChI=1S/C19H23N5O2/c1-12-15(19(26)23-18(21-12)16-4-2-3-8-20-16)10-17(25)22-13-7-9-24(11-13)14-5-6-14/h2-4,8,13-14H,5-7,9-11H2,1H3,(H,22,25)(H,21,23,26)/t13-/m0/s1. The molecule has 2 aromatic rings. The van der Waals surface area contributed by atoms with Crippen LogP contribution in [0.3, 0.4) is 0 Å². The van der Waals surface area contributed by atoms with E-state index in [2.05, 4.69) is 25.2 Å². The van der Waals surface area contributed by atoms with Crippen molar-refractivity contribution < 1.29 is 4.79 Å². The smallest absolute Gasteiger partial charge is 0.255 e. The third-order valence-electron chi connectivity index (χ3n) is 5.12. The Bertz CT molecular complexity index is 860. The van der Waals surface area contributed by atoms with Gasteiger partial charge in [0.25, 0.3) is 5.56 Å². The zero-order valence-corrected chi connectivity index (χ0v) is 14.9. The largest absolute Gasteiger partial charge is 0.352 e. The first kappa shape index (κ1) is 16.9. The van der Waals surface area contributed by atoms with Gasteiger partial charge in [-0.1, -0.05) is 6.07 Å². The lowest BCUT2D eigenvalue weighted by atomic mass is 10.1. The van der Waals surface area contributed by atoms with Gasteiger partial charge in [-0.15, -0.1) is 0 Å². The van der Waals surface area contributed by atoms with Gasteiger partial charge in [-0.3, -0.25) is 19.5 Å². The number of aromatic nitrogens is 3. The van der Waals surface area contributed by atoms with E-state index in [0.29, 0.717) is 22.8 Å². The molecule has 0 bridgehead atoms. The van der Waals surface area contributed by atoms with Gasteiger partial charge in [-0.05, 0) is 38.3 Å². The summed E-state index contributed by atoms with van der Waals surface area (Å²) in [6.07, 6.45) is 5.25. The number of aryl methyl sites for hydroxylation is 1. The number of carbonyl (C=O) groups is 1. The predicted molar refractivity (Wildman–Crippen MR) is 97.7 cm³/mol. The van der Waals surface area contributed by atoms with Crippen LogP contribution >= 0.6 is 0 Å². The molecule has 3 heterocycles. The maximum Gasteiger partial charge on any atom is 0.255 e. The molecule has 0 aromatic carbocycles. The van der Waals surface area contributed by atoms with Crippen molar-refractivity contribution in [1.29, 1.82) is 0 Å². The minimum atomic E-state index is -0.278. The normalized spacial score (nSPS) is 20.3. The average molecular weight is 353 g/mol. The highest BCUT2D eigenvalue weighted by atomic mass is 16.2. The number of likely N-dealkylation sites (tertiary alicyclic amines) is 1. The van der Waals surface area contributed by atoms with Gasteiger partial charge >= 0.3 is 0 Å². The molecule has 1 atom stereocenters. The molecule has 1 aliphatic heterocycles. The first-order valence-corrected chi connectivity index (χ1v) is 9.15. The summed E-state index contributed by atoms with van der Waals surface area (Å²) in [6, 6.07) is 6.34. The molecular formula is C19H23N5O2. The molecule has 4 rings (SSSR count). The van der Waals surface area contributed by atoms with E-state index >= 15 is 0 Å². The first-order chi connectivity index (χ1) is 12.6. The molecule has 2 aliphatic rings. The lowest BCUT2D eigenvalue weighted by Crippen LogP contribution is -2.39. The first-order valence-electron chi connectivity index (χ1n) is 9.15. The Morgan fingerprint density at radius 3 is 2.88 bits per heavy atom. The van der Waals surface area contributed by atoms with Crippen molar-refractivity contribution in [3.05, 3.63) is 46.0 Å². The number of hydrogen-bond donors (Lipinski definition) is 2. The number of amides is 1. The van der Waals surface area contributed by atoms with Gasteiger partial charge in [-0.2, -0.15) is 0 Å². The van der Waals surface area contributed by atoms with Crippen LogP contribution in [0.15, 0.2) is 29.2 Å². The Morgan fingerprint density at radius 2 is 2.19 bits per heavy atom. The summed E-state index contributed by atoms with van der Waals surface area (Å²) in [5.74, 6) is 0.307. The minimum Gasteiger partial charge on any atom is -0.352 e. The molecule has 136 valence electrons. The van der Waals surface area contributed by atoms with Gasteiger partial charge in [0.05, 0.1) is 6.42 Å². The van der Waals surface area contributed by atoms with Crippen LogP contribution in [0.4, 0.5) is 0 Å². The fourth-order valence-corrected chi connectivity index (χ4v) is 3.56. The van der Waals surface area contributed by atoms with E-state index in [1.165, 1.54) is 12.8 Å². The molecule has 2 aromatic heterocycles. The van der Waals surface area contributed by atoms with Crippen LogP contribution in [0.25, 0.3) is 11.5 Å². The second-order valence-corrected chi connectivity index (χ2v) is 7.15. The Balaban J connectivity index is 1.43. The zero-order chi connectivity index (χ0) is 18.1. The summed E-state index contributed by atoms with van der Waals surface area (Å²) in [4.78, 5) is 38.7. The van der Waals surface area contributed by atoms with Crippen molar-refractivity contribution in [3.8, 4) is 11.5 Å². The third-order valence-corrected chi connectivity index (χ3v) is 5.12. The molecule has 2 fully saturated rings. The summed E-state index contributed by atoms with van der Waals surface area (Å²) >= 11 is 0. The fraction of sp³-hybridized carbons (Fsp3) is 0.474. The molecule has 7 heteroatoms. The Hall–Kier alpha value is -2.54. The molecule has 7 nitrogen and oxygen atoms in total. The van der Waals surface area contributed by atoms with Gasteiger partial charge in [0.1, 0.15) is 5.69 Å². The van der Waals surface area contributed by atoms with Gasteiger partial charge < -0.3 is 10.3 Å². The van der Waals surface area contributed by atoms with Crippen LogP contribution < -0.4 is 10.9 Å².